The van der Waals surface area contributed by atoms with E-state index in [4.69, 9.17) is 14.2 Å². The zero-order valence-electron chi connectivity index (χ0n) is 21.6. The first-order valence-corrected chi connectivity index (χ1v) is 14.6. The number of hydrogen-bond acceptors (Lipinski definition) is 7. The molecule has 1 saturated heterocycles. The Morgan fingerprint density at radius 1 is 1.00 bits per heavy atom. The number of carbonyl (C=O) groups is 2. The molecule has 1 fully saturated rings. The van der Waals surface area contributed by atoms with E-state index >= 15 is 0 Å². The van der Waals surface area contributed by atoms with Crippen molar-refractivity contribution in [1.29, 1.82) is 0 Å². The van der Waals surface area contributed by atoms with Crippen LogP contribution in [0.25, 0.3) is 6.08 Å². The molecule has 0 radical (unpaired) electrons. The SMILES string of the molecule is CCOC(=O)c1ccc(N=C2SC(=Cc3cc(Br)c(OCc4ccc(Br)cc4)c(OCC)c3)C(=O)N2C)cc1. The number of benzene rings is 3. The number of hydrogen-bond donors (Lipinski definition) is 0. The van der Waals surface area contributed by atoms with Crippen LogP contribution in [0.1, 0.15) is 35.3 Å². The van der Waals surface area contributed by atoms with Gasteiger partial charge in [0.25, 0.3) is 5.91 Å². The number of ether oxygens (including phenoxy) is 3. The topological polar surface area (TPSA) is 77.4 Å². The Morgan fingerprint density at radius 3 is 2.38 bits per heavy atom. The molecule has 202 valence electrons. The van der Waals surface area contributed by atoms with E-state index in [2.05, 4.69) is 36.9 Å². The van der Waals surface area contributed by atoms with Crippen molar-refractivity contribution < 1.29 is 23.8 Å². The molecule has 1 aliphatic rings. The zero-order valence-corrected chi connectivity index (χ0v) is 25.6. The Bertz CT molecular complexity index is 1420. The molecule has 0 aliphatic carbocycles. The molecule has 0 bridgehead atoms. The fourth-order valence-electron chi connectivity index (χ4n) is 3.61. The second kappa shape index (κ2) is 13.3. The van der Waals surface area contributed by atoms with E-state index in [1.165, 1.54) is 16.7 Å². The fourth-order valence-corrected chi connectivity index (χ4v) is 5.44. The number of carbonyl (C=O) groups excluding carboxylic acids is 2. The van der Waals surface area contributed by atoms with Gasteiger partial charge in [0, 0.05) is 11.5 Å². The van der Waals surface area contributed by atoms with E-state index in [1.54, 1.807) is 38.2 Å². The summed E-state index contributed by atoms with van der Waals surface area (Å²) in [6.07, 6.45) is 1.81. The maximum Gasteiger partial charge on any atom is 0.338 e. The molecule has 0 aromatic heterocycles. The van der Waals surface area contributed by atoms with E-state index in [0.29, 0.717) is 52.6 Å². The lowest BCUT2D eigenvalue weighted by molar-refractivity contribution is -0.121. The molecular weight excluding hydrogens is 648 g/mol. The highest BCUT2D eigenvalue weighted by atomic mass is 79.9. The molecule has 0 atom stereocenters. The second-order valence-electron chi connectivity index (χ2n) is 8.31. The van der Waals surface area contributed by atoms with Crippen molar-refractivity contribution in [2.24, 2.45) is 4.99 Å². The van der Waals surface area contributed by atoms with Crippen LogP contribution in [0.4, 0.5) is 5.69 Å². The summed E-state index contributed by atoms with van der Waals surface area (Å²) >= 11 is 8.33. The monoisotopic (exact) mass is 672 g/mol. The van der Waals surface area contributed by atoms with Gasteiger partial charge in [0.2, 0.25) is 0 Å². The molecule has 3 aromatic carbocycles. The molecule has 1 amide bonds. The van der Waals surface area contributed by atoms with Gasteiger partial charge in [-0.15, -0.1) is 0 Å². The summed E-state index contributed by atoms with van der Waals surface area (Å²) in [5.41, 5.74) is 2.88. The maximum absolute atomic E-state index is 13.0. The number of rotatable bonds is 9. The smallest absolute Gasteiger partial charge is 0.338 e. The molecule has 1 aliphatic heterocycles. The molecule has 39 heavy (non-hydrogen) atoms. The van der Waals surface area contributed by atoms with Crippen molar-refractivity contribution >= 4 is 72.4 Å². The summed E-state index contributed by atoms with van der Waals surface area (Å²) in [5.74, 6) is 0.631. The van der Waals surface area contributed by atoms with Crippen LogP contribution in [0.15, 0.2) is 79.5 Å². The molecule has 0 spiro atoms. The number of esters is 1. The van der Waals surface area contributed by atoms with Crippen LogP contribution < -0.4 is 9.47 Å². The highest BCUT2D eigenvalue weighted by molar-refractivity contribution is 9.10. The minimum Gasteiger partial charge on any atom is -0.490 e. The molecule has 0 N–H and O–H groups in total. The summed E-state index contributed by atoms with van der Waals surface area (Å²) in [4.78, 5) is 31.5. The lowest BCUT2D eigenvalue weighted by Crippen LogP contribution is -2.23. The van der Waals surface area contributed by atoms with Crippen LogP contribution in [0, 0.1) is 0 Å². The number of amidine groups is 1. The Hall–Kier alpha value is -3.08. The van der Waals surface area contributed by atoms with Crippen molar-refractivity contribution in [3.63, 3.8) is 0 Å². The van der Waals surface area contributed by atoms with Crippen molar-refractivity contribution in [2.45, 2.75) is 20.5 Å². The Morgan fingerprint density at radius 2 is 1.72 bits per heavy atom. The van der Waals surface area contributed by atoms with Crippen molar-refractivity contribution in [2.75, 3.05) is 20.3 Å². The average molecular weight is 674 g/mol. The third-order valence-corrected chi connectivity index (χ3v) is 7.71. The van der Waals surface area contributed by atoms with Crippen LogP contribution in [0.2, 0.25) is 0 Å². The van der Waals surface area contributed by atoms with Gasteiger partial charge in [-0.2, -0.15) is 0 Å². The predicted octanol–water partition coefficient (Wildman–Crippen LogP) is 7.60. The van der Waals surface area contributed by atoms with E-state index in [9.17, 15) is 9.59 Å². The molecule has 1 heterocycles. The number of nitrogens with zero attached hydrogens (tertiary/aromatic N) is 2. The van der Waals surface area contributed by atoms with E-state index in [1.807, 2.05) is 49.4 Å². The van der Waals surface area contributed by atoms with Crippen LogP contribution in [-0.2, 0) is 16.1 Å². The van der Waals surface area contributed by atoms with Crippen molar-refractivity contribution in [3.8, 4) is 11.5 Å². The number of thioether (sulfide) groups is 1. The van der Waals surface area contributed by atoms with Gasteiger partial charge in [0.05, 0.1) is 33.8 Å². The van der Waals surface area contributed by atoms with Gasteiger partial charge >= 0.3 is 5.97 Å². The van der Waals surface area contributed by atoms with E-state index in [-0.39, 0.29) is 11.9 Å². The summed E-state index contributed by atoms with van der Waals surface area (Å²) in [7, 11) is 1.68. The quantitative estimate of drug-likeness (QED) is 0.172. The summed E-state index contributed by atoms with van der Waals surface area (Å²) in [6.45, 7) is 4.82. The van der Waals surface area contributed by atoms with Crippen LogP contribution in [-0.4, -0.2) is 42.2 Å². The van der Waals surface area contributed by atoms with Crippen LogP contribution in [0.5, 0.6) is 11.5 Å². The normalized spacial score (nSPS) is 15.2. The highest BCUT2D eigenvalue weighted by Gasteiger charge is 2.30. The van der Waals surface area contributed by atoms with Gasteiger partial charge in [0.15, 0.2) is 16.7 Å². The number of aliphatic imine (C=N–C) groups is 1. The maximum atomic E-state index is 13.0. The minimum atomic E-state index is -0.383. The van der Waals surface area contributed by atoms with Gasteiger partial charge in [-0.1, -0.05) is 28.1 Å². The average Bonchev–Trinajstić information content (AvgIpc) is 3.17. The molecule has 3 aromatic rings. The number of halogens is 2. The summed E-state index contributed by atoms with van der Waals surface area (Å²) in [5, 5.41) is 0.536. The lowest BCUT2D eigenvalue weighted by Gasteiger charge is -2.15. The first-order valence-electron chi connectivity index (χ1n) is 12.2. The van der Waals surface area contributed by atoms with E-state index in [0.717, 1.165) is 20.1 Å². The van der Waals surface area contributed by atoms with Gasteiger partial charge in [-0.25, -0.2) is 9.79 Å². The largest absolute Gasteiger partial charge is 0.490 e. The van der Waals surface area contributed by atoms with Crippen LogP contribution >= 0.6 is 43.6 Å². The number of likely N-dealkylation sites (N-methyl/N-ethyl adjacent to an activating group) is 1. The zero-order chi connectivity index (χ0) is 27.9. The third-order valence-electron chi connectivity index (χ3n) is 5.53. The summed E-state index contributed by atoms with van der Waals surface area (Å²) < 4.78 is 18.7. The summed E-state index contributed by atoms with van der Waals surface area (Å²) in [6, 6.07) is 18.4. The molecule has 0 saturated carbocycles. The standard InChI is InChI=1S/C29H26Br2N2O5S/c1-4-36-24-15-19(14-23(31)26(24)38-17-18-6-10-21(30)11-7-18)16-25-27(34)33(3)29(39-25)32-22-12-8-20(9-13-22)28(35)37-5-2/h6-16H,4-5,17H2,1-3H3. The third kappa shape index (κ3) is 7.32. The highest BCUT2D eigenvalue weighted by Crippen LogP contribution is 2.40. The lowest BCUT2D eigenvalue weighted by atomic mass is 10.1. The van der Waals surface area contributed by atoms with Gasteiger partial charge in [0.1, 0.15) is 6.61 Å². The first-order chi connectivity index (χ1) is 18.8. The fraction of sp³-hybridized carbons (Fsp3) is 0.207. The number of amides is 1. The predicted molar refractivity (Wildman–Crippen MR) is 162 cm³/mol. The van der Waals surface area contributed by atoms with Gasteiger partial charge in [-0.05, 0) is 107 Å². The van der Waals surface area contributed by atoms with Gasteiger partial charge in [-0.3, -0.25) is 9.69 Å². The Balaban J connectivity index is 1.54. The van der Waals surface area contributed by atoms with E-state index < -0.39 is 0 Å². The Labute approximate surface area is 248 Å². The second-order valence-corrected chi connectivity index (χ2v) is 11.1. The first kappa shape index (κ1) is 28.9. The minimum absolute atomic E-state index is 0.161. The van der Waals surface area contributed by atoms with Crippen molar-refractivity contribution in [3.05, 3.63) is 91.2 Å². The Kier molecular flexibility index (Phi) is 9.88. The van der Waals surface area contributed by atoms with Gasteiger partial charge < -0.3 is 14.2 Å². The molecule has 0 unspecified atom stereocenters. The molecule has 4 rings (SSSR count). The molecule has 7 nitrogen and oxygen atoms in total. The molecule has 10 heteroatoms. The molecular formula is C29H26Br2N2O5S. The van der Waals surface area contributed by atoms with Crippen molar-refractivity contribution in [1.82, 2.24) is 4.90 Å². The van der Waals surface area contributed by atoms with Crippen LogP contribution in [0.3, 0.4) is 0 Å².